The van der Waals surface area contributed by atoms with Crippen molar-refractivity contribution >= 4 is 23.8 Å². The summed E-state index contributed by atoms with van der Waals surface area (Å²) in [4.78, 5) is 53.4. The van der Waals surface area contributed by atoms with Crippen LogP contribution in [0.4, 0.5) is 4.79 Å². The molecule has 0 bridgehead atoms. The summed E-state index contributed by atoms with van der Waals surface area (Å²) >= 11 is 0. The van der Waals surface area contributed by atoms with E-state index in [2.05, 4.69) is 10.6 Å². The third kappa shape index (κ3) is 9.87. The zero-order valence-corrected chi connectivity index (χ0v) is 22.8. The number of hydrogen-bond acceptors (Lipinski definition) is 5. The van der Waals surface area contributed by atoms with Crippen LogP contribution < -0.4 is 16.4 Å². The van der Waals surface area contributed by atoms with Crippen molar-refractivity contribution in [1.82, 2.24) is 15.5 Å². The summed E-state index contributed by atoms with van der Waals surface area (Å²) in [5, 5.41) is 5.57. The lowest BCUT2D eigenvalue weighted by Crippen LogP contribution is -2.59. The first-order valence-corrected chi connectivity index (χ1v) is 12.7. The van der Waals surface area contributed by atoms with Gasteiger partial charge in [0, 0.05) is 18.5 Å². The Labute approximate surface area is 215 Å². The summed E-state index contributed by atoms with van der Waals surface area (Å²) in [6.07, 6.45) is 1.32. The van der Waals surface area contributed by atoms with Crippen molar-refractivity contribution in [3.05, 3.63) is 35.9 Å². The molecule has 0 heterocycles. The number of carbonyl (C=O) groups is 4. The maximum absolute atomic E-state index is 14.1. The maximum Gasteiger partial charge on any atom is 0.408 e. The van der Waals surface area contributed by atoms with Gasteiger partial charge in [-0.25, -0.2) is 4.79 Å². The zero-order chi connectivity index (χ0) is 27.5. The van der Waals surface area contributed by atoms with Crippen LogP contribution >= 0.6 is 0 Å². The van der Waals surface area contributed by atoms with E-state index in [9.17, 15) is 19.2 Å². The number of nitrogens with zero attached hydrogens (tertiary/aromatic N) is 1. The molecule has 0 fully saturated rings. The van der Waals surface area contributed by atoms with Crippen molar-refractivity contribution in [2.75, 3.05) is 6.54 Å². The van der Waals surface area contributed by atoms with E-state index in [0.717, 1.165) is 12.8 Å². The number of hydrogen-bond donors (Lipinski definition) is 3. The number of rotatable bonds is 13. The van der Waals surface area contributed by atoms with Gasteiger partial charge < -0.3 is 26.0 Å². The lowest BCUT2D eigenvalue weighted by atomic mass is 9.91. The fourth-order valence-corrected chi connectivity index (χ4v) is 3.65. The largest absolute Gasteiger partial charge is 0.444 e. The molecule has 4 amide bonds. The van der Waals surface area contributed by atoms with E-state index in [1.54, 1.807) is 32.9 Å². The van der Waals surface area contributed by atoms with Gasteiger partial charge in [-0.15, -0.1) is 0 Å². The van der Waals surface area contributed by atoms with E-state index < -0.39 is 41.1 Å². The van der Waals surface area contributed by atoms with Crippen molar-refractivity contribution < 1.29 is 23.9 Å². The van der Waals surface area contributed by atoms with Crippen LogP contribution in [0.5, 0.6) is 0 Å². The number of primary amides is 1. The number of ether oxygens (including phenoxy) is 1. The van der Waals surface area contributed by atoms with Crippen molar-refractivity contribution in [2.45, 2.75) is 104 Å². The Morgan fingerprint density at radius 2 is 1.64 bits per heavy atom. The van der Waals surface area contributed by atoms with E-state index in [4.69, 9.17) is 10.5 Å². The summed E-state index contributed by atoms with van der Waals surface area (Å²) in [6, 6.07) is 7.01. The molecule has 2 atom stereocenters. The van der Waals surface area contributed by atoms with Crippen LogP contribution in [0.1, 0.15) is 92.2 Å². The molecule has 0 aliphatic rings. The predicted octanol–water partition coefficient (Wildman–Crippen LogP) is 3.82. The van der Waals surface area contributed by atoms with Gasteiger partial charge in [-0.1, -0.05) is 50.6 Å². The highest BCUT2D eigenvalue weighted by molar-refractivity contribution is 5.93. The molecule has 0 aliphatic carbocycles. The molecule has 36 heavy (non-hydrogen) atoms. The highest BCUT2D eigenvalue weighted by atomic mass is 16.6. The molecule has 1 aromatic carbocycles. The first-order valence-electron chi connectivity index (χ1n) is 12.7. The average molecular weight is 505 g/mol. The van der Waals surface area contributed by atoms with Crippen LogP contribution in [0.2, 0.25) is 0 Å². The summed E-state index contributed by atoms with van der Waals surface area (Å²) in [7, 11) is 0. The third-order valence-electron chi connectivity index (χ3n) is 5.87. The molecule has 9 nitrogen and oxygen atoms in total. The Hall–Kier alpha value is -3.10. The van der Waals surface area contributed by atoms with E-state index >= 15 is 0 Å². The summed E-state index contributed by atoms with van der Waals surface area (Å²) in [5.74, 6) is -1.40. The number of unbranched alkanes of at least 4 members (excludes halogenated alkanes) is 1. The van der Waals surface area contributed by atoms with Crippen LogP contribution in [0.15, 0.2) is 30.3 Å². The van der Waals surface area contributed by atoms with E-state index in [-0.39, 0.29) is 18.7 Å². The Kier molecular flexibility index (Phi) is 11.9. The second kappa shape index (κ2) is 13.8. The van der Waals surface area contributed by atoms with Gasteiger partial charge >= 0.3 is 6.09 Å². The first kappa shape index (κ1) is 30.9. The highest BCUT2D eigenvalue weighted by Crippen LogP contribution is 2.32. The second-order valence-electron chi connectivity index (χ2n) is 10.5. The van der Waals surface area contributed by atoms with Gasteiger partial charge in [0.2, 0.25) is 17.7 Å². The molecule has 0 radical (unpaired) electrons. The van der Waals surface area contributed by atoms with Crippen molar-refractivity contribution in [3.63, 3.8) is 0 Å². The minimum atomic E-state index is -1.12. The lowest BCUT2D eigenvalue weighted by molar-refractivity contribution is -0.149. The Morgan fingerprint density at radius 3 is 2.14 bits per heavy atom. The fraction of sp³-hybridized carbons (Fsp3) is 0.630. The normalized spacial score (nSPS) is 13.3. The molecule has 9 heteroatoms. The Morgan fingerprint density at radius 1 is 1.03 bits per heavy atom. The minimum absolute atomic E-state index is 0.0251. The zero-order valence-electron chi connectivity index (χ0n) is 22.8. The molecule has 202 valence electrons. The van der Waals surface area contributed by atoms with Gasteiger partial charge in [-0.3, -0.25) is 14.4 Å². The number of nitrogens with one attached hydrogen (secondary N) is 2. The van der Waals surface area contributed by atoms with Gasteiger partial charge in [0.1, 0.15) is 17.7 Å². The molecule has 0 spiro atoms. The molecular weight excluding hydrogens is 460 g/mol. The van der Waals surface area contributed by atoms with Gasteiger partial charge in [-0.2, -0.15) is 0 Å². The topological polar surface area (TPSA) is 131 Å². The molecule has 0 aliphatic heterocycles. The van der Waals surface area contributed by atoms with E-state index in [1.165, 1.54) is 4.90 Å². The summed E-state index contributed by atoms with van der Waals surface area (Å²) in [6.45, 7) is 13.3. The van der Waals surface area contributed by atoms with Crippen LogP contribution in [0.3, 0.4) is 0 Å². The minimum Gasteiger partial charge on any atom is -0.444 e. The molecule has 0 aromatic heterocycles. The molecule has 0 saturated carbocycles. The highest BCUT2D eigenvalue weighted by Gasteiger charge is 2.43. The standard InChI is InChI=1S/C27H44N4O5/c1-8-10-18-29-23(33)22(19-14-12-11-13-15-19)31(27(6,7)9-2)24(34)20(16-17-21(28)32)30-25(35)36-26(3,4)5/h11-15,20,22H,8-10,16-18H2,1-7H3,(H2,28,32)(H,29,33)(H,30,35). The second-order valence-corrected chi connectivity index (χ2v) is 10.5. The maximum atomic E-state index is 14.1. The van der Waals surface area contributed by atoms with Gasteiger partial charge in [0.15, 0.2) is 0 Å². The van der Waals surface area contributed by atoms with Crippen molar-refractivity contribution in [3.8, 4) is 0 Å². The Balaban J connectivity index is 3.53. The number of benzene rings is 1. The van der Waals surface area contributed by atoms with Gasteiger partial charge in [0.25, 0.3) is 0 Å². The Bertz CT molecular complexity index is 880. The quantitative estimate of drug-likeness (QED) is 0.352. The molecule has 1 rings (SSSR count). The molecule has 1 aromatic rings. The monoisotopic (exact) mass is 504 g/mol. The predicted molar refractivity (Wildman–Crippen MR) is 140 cm³/mol. The van der Waals surface area contributed by atoms with Crippen LogP contribution in [0, 0.1) is 0 Å². The molecule has 0 saturated heterocycles. The fourth-order valence-electron chi connectivity index (χ4n) is 3.65. The van der Waals surface area contributed by atoms with Crippen molar-refractivity contribution in [1.29, 1.82) is 0 Å². The summed E-state index contributed by atoms with van der Waals surface area (Å²) < 4.78 is 5.36. The summed E-state index contributed by atoms with van der Waals surface area (Å²) in [5.41, 5.74) is 4.46. The lowest BCUT2D eigenvalue weighted by Gasteiger charge is -2.44. The number of nitrogens with two attached hydrogens (primary N) is 1. The molecular formula is C27H44N4O5. The van der Waals surface area contributed by atoms with Gasteiger partial charge in [0.05, 0.1) is 0 Å². The van der Waals surface area contributed by atoms with Crippen molar-refractivity contribution in [2.24, 2.45) is 5.73 Å². The molecule has 4 N–H and O–H groups in total. The first-order chi connectivity index (χ1) is 16.7. The number of alkyl carbamates (subject to hydrolysis) is 1. The SMILES string of the molecule is CCCCNC(=O)C(c1ccccc1)N(C(=O)C(CCC(N)=O)NC(=O)OC(C)(C)C)C(C)(C)CC. The number of amides is 4. The smallest absolute Gasteiger partial charge is 0.408 e. The van der Waals surface area contributed by atoms with E-state index in [1.807, 2.05) is 45.9 Å². The number of carbonyl (C=O) groups excluding carboxylic acids is 4. The van der Waals surface area contributed by atoms with E-state index in [0.29, 0.717) is 18.5 Å². The third-order valence-corrected chi connectivity index (χ3v) is 5.87. The average Bonchev–Trinajstić information content (AvgIpc) is 2.78. The van der Waals surface area contributed by atoms with Gasteiger partial charge in [-0.05, 0) is 59.4 Å². The van der Waals surface area contributed by atoms with Crippen LogP contribution in [-0.2, 0) is 19.1 Å². The molecule has 2 unspecified atom stereocenters. The van der Waals surface area contributed by atoms with Crippen LogP contribution in [0.25, 0.3) is 0 Å². The van der Waals surface area contributed by atoms with Crippen LogP contribution in [-0.4, -0.2) is 52.4 Å².